The summed E-state index contributed by atoms with van der Waals surface area (Å²) in [5, 5.41) is 13.5. The molecule has 1 amide bonds. The van der Waals surface area contributed by atoms with Crippen molar-refractivity contribution in [2.24, 2.45) is 0 Å². The summed E-state index contributed by atoms with van der Waals surface area (Å²) in [4.78, 5) is 17.7. The van der Waals surface area contributed by atoms with E-state index in [0.29, 0.717) is 11.0 Å². The topological polar surface area (TPSA) is 81.9 Å². The number of hydrogen-bond acceptors (Lipinski definition) is 7. The number of fused-ring (bicyclic) bond motifs is 1. The molecule has 0 fully saturated rings. The summed E-state index contributed by atoms with van der Waals surface area (Å²) in [5.74, 6) is 1.52. The van der Waals surface area contributed by atoms with Gasteiger partial charge < -0.3 is 10.1 Å². The van der Waals surface area contributed by atoms with E-state index in [1.54, 1.807) is 18.4 Å². The predicted octanol–water partition coefficient (Wildman–Crippen LogP) is 7.57. The van der Waals surface area contributed by atoms with Crippen LogP contribution in [-0.4, -0.2) is 38.5 Å². The van der Waals surface area contributed by atoms with Crippen molar-refractivity contribution in [2.45, 2.75) is 19.0 Å². The van der Waals surface area contributed by atoms with Gasteiger partial charge in [0, 0.05) is 22.5 Å². The molecule has 7 nitrogen and oxygen atoms in total. The lowest BCUT2D eigenvalue weighted by atomic mass is 10.1. The fourth-order valence-corrected chi connectivity index (χ4v) is 6.22. The van der Waals surface area contributed by atoms with Crippen molar-refractivity contribution < 1.29 is 9.53 Å². The fraction of sp³-hybridized carbons (Fsp3) is 0.125. The molecule has 2 aromatic heterocycles. The molecular weight excluding hydrogens is 551 g/mol. The molecular formula is C32H27N5O2S2. The molecule has 0 radical (unpaired) electrons. The molecule has 0 aliphatic carbocycles. The summed E-state index contributed by atoms with van der Waals surface area (Å²) in [7, 11) is 1.64. The van der Waals surface area contributed by atoms with Gasteiger partial charge in [-0.05, 0) is 80.1 Å². The highest BCUT2D eigenvalue weighted by Crippen LogP contribution is 2.32. The number of carbonyl (C=O) groups is 1. The van der Waals surface area contributed by atoms with Gasteiger partial charge in [-0.2, -0.15) is 0 Å². The number of nitrogens with one attached hydrogen (secondary N) is 1. The average molecular weight is 578 g/mol. The first kappa shape index (κ1) is 26.7. The van der Waals surface area contributed by atoms with E-state index in [1.165, 1.54) is 27.6 Å². The van der Waals surface area contributed by atoms with Crippen LogP contribution in [0.25, 0.3) is 37.9 Å². The molecule has 0 aliphatic heterocycles. The lowest BCUT2D eigenvalue weighted by molar-refractivity contribution is -0.113. The predicted molar refractivity (Wildman–Crippen MR) is 167 cm³/mol. The van der Waals surface area contributed by atoms with Gasteiger partial charge in [-0.3, -0.25) is 9.36 Å². The van der Waals surface area contributed by atoms with Crippen LogP contribution < -0.4 is 10.1 Å². The molecule has 6 aromatic rings. The van der Waals surface area contributed by atoms with Gasteiger partial charge in [0.1, 0.15) is 10.8 Å². The quantitative estimate of drug-likeness (QED) is 0.188. The van der Waals surface area contributed by atoms with Gasteiger partial charge in [0.2, 0.25) is 5.91 Å². The Kier molecular flexibility index (Phi) is 7.54. The zero-order chi connectivity index (χ0) is 28.3. The zero-order valence-electron chi connectivity index (χ0n) is 22.8. The first-order valence-corrected chi connectivity index (χ1v) is 14.8. The van der Waals surface area contributed by atoms with Crippen molar-refractivity contribution in [3.63, 3.8) is 0 Å². The molecule has 0 aliphatic rings. The SMILES string of the molecule is COc1ccc(-n2c(SCC(=O)Nc3ccc(-c4nc5ccc(C)cc5s4)cc3)nnc2-c2ccc(C)cc2)cc1. The zero-order valence-corrected chi connectivity index (χ0v) is 24.4. The average Bonchev–Trinajstić information content (AvgIpc) is 3.61. The first-order chi connectivity index (χ1) is 20.0. The lowest BCUT2D eigenvalue weighted by Crippen LogP contribution is -2.14. The number of hydrogen-bond donors (Lipinski definition) is 1. The van der Waals surface area contributed by atoms with E-state index in [1.807, 2.05) is 84.3 Å². The second-order valence-electron chi connectivity index (χ2n) is 9.61. The van der Waals surface area contributed by atoms with E-state index < -0.39 is 0 Å². The highest BCUT2D eigenvalue weighted by molar-refractivity contribution is 7.99. The number of aryl methyl sites for hydroxylation is 2. The van der Waals surface area contributed by atoms with Crippen molar-refractivity contribution in [3.8, 4) is 33.4 Å². The summed E-state index contributed by atoms with van der Waals surface area (Å²) in [5.41, 5.74) is 6.96. The van der Waals surface area contributed by atoms with Crippen LogP contribution in [-0.2, 0) is 4.79 Å². The van der Waals surface area contributed by atoms with E-state index in [9.17, 15) is 4.79 Å². The third kappa shape index (κ3) is 5.86. The molecule has 0 saturated carbocycles. The Morgan fingerprint density at radius 3 is 2.32 bits per heavy atom. The van der Waals surface area contributed by atoms with Crippen LogP contribution in [0.1, 0.15) is 11.1 Å². The second-order valence-corrected chi connectivity index (χ2v) is 11.6. The Hall–Kier alpha value is -4.47. The molecule has 2 heterocycles. The smallest absolute Gasteiger partial charge is 0.234 e. The van der Waals surface area contributed by atoms with Crippen molar-refractivity contribution in [1.29, 1.82) is 0 Å². The highest BCUT2D eigenvalue weighted by Gasteiger charge is 2.18. The summed E-state index contributed by atoms with van der Waals surface area (Å²) in [6.45, 7) is 4.13. The van der Waals surface area contributed by atoms with Gasteiger partial charge in [-0.25, -0.2) is 4.98 Å². The Balaban J connectivity index is 1.17. The van der Waals surface area contributed by atoms with Crippen molar-refractivity contribution >= 4 is 44.9 Å². The molecule has 0 saturated heterocycles. The summed E-state index contributed by atoms with van der Waals surface area (Å²) < 4.78 is 8.47. The number of rotatable bonds is 8. The number of anilines is 1. The highest BCUT2D eigenvalue weighted by atomic mass is 32.2. The normalized spacial score (nSPS) is 11.1. The van der Waals surface area contributed by atoms with Crippen LogP contribution in [0.5, 0.6) is 5.75 Å². The number of benzene rings is 4. The van der Waals surface area contributed by atoms with Gasteiger partial charge >= 0.3 is 0 Å². The summed E-state index contributed by atoms with van der Waals surface area (Å²) in [6.07, 6.45) is 0. The van der Waals surface area contributed by atoms with E-state index in [-0.39, 0.29) is 11.7 Å². The molecule has 4 aromatic carbocycles. The number of amides is 1. The molecule has 0 atom stereocenters. The maximum Gasteiger partial charge on any atom is 0.234 e. The molecule has 41 heavy (non-hydrogen) atoms. The molecule has 0 spiro atoms. The van der Waals surface area contributed by atoms with Crippen LogP contribution in [0.3, 0.4) is 0 Å². The van der Waals surface area contributed by atoms with Crippen LogP contribution in [0.2, 0.25) is 0 Å². The lowest BCUT2D eigenvalue weighted by Gasteiger charge is -2.11. The minimum absolute atomic E-state index is 0.126. The number of methoxy groups -OCH3 is 1. The number of thiazole rings is 1. The molecule has 0 unspecified atom stereocenters. The maximum atomic E-state index is 12.9. The van der Waals surface area contributed by atoms with E-state index in [4.69, 9.17) is 9.72 Å². The maximum absolute atomic E-state index is 12.9. The summed E-state index contributed by atoms with van der Waals surface area (Å²) >= 11 is 3.01. The summed E-state index contributed by atoms with van der Waals surface area (Å²) in [6, 6.07) is 29.9. The minimum Gasteiger partial charge on any atom is -0.497 e. The molecule has 1 N–H and O–H groups in total. The third-order valence-corrected chi connectivity index (χ3v) is 8.56. The monoisotopic (exact) mass is 577 g/mol. The number of nitrogens with zero attached hydrogens (tertiary/aromatic N) is 4. The number of thioether (sulfide) groups is 1. The third-order valence-electron chi connectivity index (χ3n) is 6.57. The minimum atomic E-state index is -0.126. The van der Waals surface area contributed by atoms with Gasteiger partial charge in [-0.15, -0.1) is 21.5 Å². The van der Waals surface area contributed by atoms with E-state index in [2.05, 4.69) is 40.6 Å². The van der Waals surface area contributed by atoms with E-state index in [0.717, 1.165) is 38.8 Å². The molecule has 6 rings (SSSR count). The number of aromatic nitrogens is 4. The van der Waals surface area contributed by atoms with Gasteiger partial charge in [-0.1, -0.05) is 47.7 Å². The largest absolute Gasteiger partial charge is 0.497 e. The van der Waals surface area contributed by atoms with Crippen molar-refractivity contribution in [2.75, 3.05) is 18.2 Å². The van der Waals surface area contributed by atoms with Crippen LogP contribution in [0, 0.1) is 13.8 Å². The standard InChI is InChI=1S/C32H27N5O2S2/c1-20-4-7-22(8-5-20)30-35-36-32(37(30)25-13-15-26(39-3)16-14-25)40-19-29(38)33-24-11-9-23(10-12-24)31-34-27-17-6-21(2)18-28(27)41-31/h4-18H,19H2,1-3H3,(H,33,38). The first-order valence-electron chi connectivity index (χ1n) is 13.0. The van der Waals surface area contributed by atoms with Gasteiger partial charge in [0.15, 0.2) is 11.0 Å². The Morgan fingerprint density at radius 1 is 0.878 bits per heavy atom. The van der Waals surface area contributed by atoms with Crippen molar-refractivity contribution in [1.82, 2.24) is 19.7 Å². The number of carbonyl (C=O) groups excluding carboxylic acids is 1. The van der Waals surface area contributed by atoms with Crippen LogP contribution in [0.4, 0.5) is 5.69 Å². The Labute approximate surface area is 246 Å². The van der Waals surface area contributed by atoms with Gasteiger partial charge in [0.05, 0.1) is 23.1 Å². The fourth-order valence-electron chi connectivity index (χ4n) is 4.40. The Morgan fingerprint density at radius 2 is 1.59 bits per heavy atom. The second kappa shape index (κ2) is 11.6. The van der Waals surface area contributed by atoms with Gasteiger partial charge in [0.25, 0.3) is 0 Å². The van der Waals surface area contributed by atoms with Crippen molar-refractivity contribution in [3.05, 3.63) is 102 Å². The van der Waals surface area contributed by atoms with E-state index >= 15 is 0 Å². The molecule has 0 bridgehead atoms. The Bertz CT molecular complexity index is 1830. The van der Waals surface area contributed by atoms with Crippen LogP contribution >= 0.6 is 23.1 Å². The van der Waals surface area contributed by atoms with Crippen LogP contribution in [0.15, 0.2) is 96.2 Å². The number of ether oxygens (including phenoxy) is 1. The molecule has 204 valence electrons. The molecule has 9 heteroatoms.